The summed E-state index contributed by atoms with van der Waals surface area (Å²) in [6.45, 7) is 2.87. The van der Waals surface area contributed by atoms with Gasteiger partial charge in [0.15, 0.2) is 0 Å². The Balaban J connectivity index is 3.00. The molecule has 0 aliphatic rings. The normalized spacial score (nSPS) is 12.6. The Hall–Kier alpha value is -0.540. The number of hydrogen-bond donors (Lipinski definition) is 1. The molecule has 0 aliphatic heterocycles. The van der Waals surface area contributed by atoms with Crippen LogP contribution in [0.5, 0.6) is 5.75 Å². The van der Waals surface area contributed by atoms with Crippen LogP contribution in [0.15, 0.2) is 22.7 Å². The number of para-hydroxylation sites is 1. The molecule has 0 spiro atoms. The van der Waals surface area contributed by atoms with E-state index in [1.807, 2.05) is 12.1 Å². The minimum absolute atomic E-state index is 0.437. The van der Waals surface area contributed by atoms with E-state index in [-0.39, 0.29) is 0 Å². The van der Waals surface area contributed by atoms with Gasteiger partial charge in [0, 0.05) is 0 Å². The zero-order valence-electron chi connectivity index (χ0n) is 8.59. The Kier molecular flexibility index (Phi) is 4.42. The Morgan fingerprint density at radius 3 is 2.79 bits per heavy atom. The third kappa shape index (κ3) is 2.49. The molecule has 14 heavy (non-hydrogen) atoms. The van der Waals surface area contributed by atoms with E-state index in [9.17, 15) is 0 Å². The topological polar surface area (TPSA) is 35.2 Å². The van der Waals surface area contributed by atoms with E-state index in [1.165, 1.54) is 5.56 Å². The van der Waals surface area contributed by atoms with E-state index in [2.05, 4.69) is 28.9 Å². The summed E-state index contributed by atoms with van der Waals surface area (Å²) in [5, 5.41) is 0. The fourth-order valence-corrected chi connectivity index (χ4v) is 2.08. The highest BCUT2D eigenvalue weighted by Crippen LogP contribution is 2.34. The monoisotopic (exact) mass is 257 g/mol. The van der Waals surface area contributed by atoms with Gasteiger partial charge in [0.1, 0.15) is 5.75 Å². The van der Waals surface area contributed by atoms with Gasteiger partial charge in [-0.2, -0.15) is 0 Å². The third-order valence-corrected chi connectivity index (χ3v) is 2.96. The van der Waals surface area contributed by atoms with E-state index in [1.54, 1.807) is 7.11 Å². The molecule has 2 nitrogen and oxygen atoms in total. The van der Waals surface area contributed by atoms with Gasteiger partial charge < -0.3 is 10.5 Å². The fourth-order valence-electron chi connectivity index (χ4n) is 1.53. The first kappa shape index (κ1) is 11.5. The van der Waals surface area contributed by atoms with Crippen LogP contribution < -0.4 is 10.5 Å². The summed E-state index contributed by atoms with van der Waals surface area (Å²) in [4.78, 5) is 0. The second-order valence-corrected chi connectivity index (χ2v) is 4.20. The molecule has 0 saturated heterocycles. The lowest BCUT2D eigenvalue weighted by atomic mass is 9.97. The highest BCUT2D eigenvalue weighted by atomic mass is 79.9. The van der Waals surface area contributed by atoms with Crippen LogP contribution in [0.4, 0.5) is 0 Å². The Morgan fingerprint density at radius 2 is 2.21 bits per heavy atom. The van der Waals surface area contributed by atoms with E-state index >= 15 is 0 Å². The predicted molar refractivity (Wildman–Crippen MR) is 62.8 cm³/mol. The highest BCUT2D eigenvalue weighted by Gasteiger charge is 2.12. The lowest BCUT2D eigenvalue weighted by molar-refractivity contribution is 0.403. The number of rotatable bonds is 4. The second kappa shape index (κ2) is 5.37. The standard InChI is InChI=1S/C11H16BrNO/c1-8(6-7-13)9-4-3-5-10(12)11(9)14-2/h3-5,8H,6-7,13H2,1-2H3. The Labute approximate surface area is 93.6 Å². The number of nitrogens with two attached hydrogens (primary N) is 1. The van der Waals surface area contributed by atoms with Crippen LogP contribution in [0.2, 0.25) is 0 Å². The average molecular weight is 258 g/mol. The smallest absolute Gasteiger partial charge is 0.136 e. The third-order valence-electron chi connectivity index (χ3n) is 2.33. The number of methoxy groups -OCH3 is 1. The van der Waals surface area contributed by atoms with Gasteiger partial charge in [-0.1, -0.05) is 19.1 Å². The van der Waals surface area contributed by atoms with Crippen LogP contribution in [0.25, 0.3) is 0 Å². The second-order valence-electron chi connectivity index (χ2n) is 3.34. The number of halogens is 1. The van der Waals surface area contributed by atoms with Crippen molar-refractivity contribution in [2.45, 2.75) is 19.3 Å². The van der Waals surface area contributed by atoms with E-state index in [0.717, 1.165) is 16.6 Å². The molecule has 0 aromatic heterocycles. The van der Waals surface area contributed by atoms with Gasteiger partial charge in [0.05, 0.1) is 11.6 Å². The molecule has 3 heteroatoms. The Morgan fingerprint density at radius 1 is 1.50 bits per heavy atom. The van der Waals surface area contributed by atoms with Crippen LogP contribution in [-0.4, -0.2) is 13.7 Å². The molecular weight excluding hydrogens is 242 g/mol. The maximum absolute atomic E-state index is 5.54. The van der Waals surface area contributed by atoms with Crippen molar-refractivity contribution in [2.24, 2.45) is 5.73 Å². The van der Waals surface area contributed by atoms with Crippen molar-refractivity contribution in [3.05, 3.63) is 28.2 Å². The molecule has 0 bridgehead atoms. The van der Waals surface area contributed by atoms with Crippen LogP contribution in [-0.2, 0) is 0 Å². The summed E-state index contributed by atoms with van der Waals surface area (Å²) in [6.07, 6.45) is 0.979. The minimum atomic E-state index is 0.437. The molecule has 1 rings (SSSR count). The van der Waals surface area contributed by atoms with Gasteiger partial charge in [-0.15, -0.1) is 0 Å². The minimum Gasteiger partial charge on any atom is -0.495 e. The number of hydrogen-bond acceptors (Lipinski definition) is 2. The molecule has 0 amide bonds. The van der Waals surface area contributed by atoms with Crippen molar-refractivity contribution in [2.75, 3.05) is 13.7 Å². The summed E-state index contributed by atoms with van der Waals surface area (Å²) < 4.78 is 6.36. The number of benzene rings is 1. The largest absolute Gasteiger partial charge is 0.495 e. The first-order valence-electron chi connectivity index (χ1n) is 4.73. The zero-order valence-corrected chi connectivity index (χ0v) is 10.2. The van der Waals surface area contributed by atoms with E-state index in [0.29, 0.717) is 12.5 Å². The van der Waals surface area contributed by atoms with Crippen molar-refractivity contribution in [1.29, 1.82) is 0 Å². The van der Waals surface area contributed by atoms with Gasteiger partial charge >= 0.3 is 0 Å². The number of ether oxygens (including phenoxy) is 1. The van der Waals surface area contributed by atoms with Gasteiger partial charge in [0.2, 0.25) is 0 Å². The summed E-state index contributed by atoms with van der Waals surface area (Å²) in [5.74, 6) is 1.36. The highest BCUT2D eigenvalue weighted by molar-refractivity contribution is 9.10. The summed E-state index contributed by atoms with van der Waals surface area (Å²) in [5.41, 5.74) is 6.76. The lowest BCUT2D eigenvalue weighted by Gasteiger charge is -2.15. The fraction of sp³-hybridized carbons (Fsp3) is 0.455. The summed E-state index contributed by atoms with van der Waals surface area (Å²) in [7, 11) is 1.69. The van der Waals surface area contributed by atoms with Crippen LogP contribution in [0.1, 0.15) is 24.8 Å². The van der Waals surface area contributed by atoms with E-state index < -0.39 is 0 Å². The SMILES string of the molecule is COc1c(Br)cccc1C(C)CCN. The first-order chi connectivity index (χ1) is 6.70. The molecule has 0 heterocycles. The maximum Gasteiger partial charge on any atom is 0.136 e. The van der Waals surface area contributed by atoms with Crippen LogP contribution in [0.3, 0.4) is 0 Å². The first-order valence-corrected chi connectivity index (χ1v) is 5.52. The van der Waals surface area contributed by atoms with Gasteiger partial charge in [-0.05, 0) is 46.4 Å². The molecule has 0 aliphatic carbocycles. The van der Waals surface area contributed by atoms with Crippen molar-refractivity contribution in [3.63, 3.8) is 0 Å². The van der Waals surface area contributed by atoms with Crippen molar-refractivity contribution in [1.82, 2.24) is 0 Å². The van der Waals surface area contributed by atoms with Crippen LogP contribution >= 0.6 is 15.9 Å². The molecule has 0 radical (unpaired) electrons. The molecule has 1 aromatic carbocycles. The van der Waals surface area contributed by atoms with Crippen LogP contribution in [0, 0.1) is 0 Å². The molecular formula is C11H16BrNO. The van der Waals surface area contributed by atoms with Crippen molar-refractivity contribution >= 4 is 15.9 Å². The Bertz CT molecular complexity index is 301. The molecule has 0 fully saturated rings. The lowest BCUT2D eigenvalue weighted by Crippen LogP contribution is -2.06. The van der Waals surface area contributed by atoms with Gasteiger partial charge in [0.25, 0.3) is 0 Å². The van der Waals surface area contributed by atoms with Gasteiger partial charge in [-0.25, -0.2) is 0 Å². The maximum atomic E-state index is 5.54. The average Bonchev–Trinajstić information content (AvgIpc) is 2.17. The molecule has 1 atom stereocenters. The van der Waals surface area contributed by atoms with Crippen molar-refractivity contribution in [3.8, 4) is 5.75 Å². The molecule has 1 aromatic rings. The quantitative estimate of drug-likeness (QED) is 0.901. The summed E-state index contributed by atoms with van der Waals surface area (Å²) >= 11 is 3.47. The zero-order chi connectivity index (χ0) is 10.6. The van der Waals surface area contributed by atoms with E-state index in [4.69, 9.17) is 10.5 Å². The predicted octanol–water partition coefficient (Wildman–Crippen LogP) is 2.91. The molecule has 0 saturated carbocycles. The molecule has 1 unspecified atom stereocenters. The van der Waals surface area contributed by atoms with Crippen molar-refractivity contribution < 1.29 is 4.74 Å². The summed E-state index contributed by atoms with van der Waals surface area (Å²) in [6, 6.07) is 6.09. The molecule has 2 N–H and O–H groups in total. The molecule has 78 valence electrons. The van der Waals surface area contributed by atoms with Gasteiger partial charge in [-0.3, -0.25) is 0 Å².